The van der Waals surface area contributed by atoms with Gasteiger partial charge in [-0.1, -0.05) is 12.1 Å². The van der Waals surface area contributed by atoms with E-state index >= 15 is 0 Å². The second kappa shape index (κ2) is 6.61. The van der Waals surface area contributed by atoms with Crippen LogP contribution in [0.15, 0.2) is 42.6 Å². The van der Waals surface area contributed by atoms with Gasteiger partial charge in [-0.3, -0.25) is 15.4 Å². The summed E-state index contributed by atoms with van der Waals surface area (Å²) in [5.41, 5.74) is 0.400. The molecule has 0 spiro atoms. The topological polar surface area (TPSA) is 64.7 Å². The van der Waals surface area contributed by atoms with Crippen molar-refractivity contribution >= 4 is 11.5 Å². The Balaban J connectivity index is 2.28. The van der Waals surface area contributed by atoms with Gasteiger partial charge in [0.25, 0.3) is 0 Å². The van der Waals surface area contributed by atoms with Gasteiger partial charge < -0.3 is 5.32 Å². The maximum atomic E-state index is 12.7. The molecule has 1 aromatic heterocycles. The highest BCUT2D eigenvalue weighted by molar-refractivity contribution is 5.87. The first-order valence-electron chi connectivity index (χ1n) is 6.82. The van der Waals surface area contributed by atoms with Crippen LogP contribution in [0.5, 0.6) is 0 Å². The summed E-state index contributed by atoms with van der Waals surface area (Å²) in [6.45, 7) is -1.21. The van der Waals surface area contributed by atoms with Crippen molar-refractivity contribution in [2.45, 2.75) is 12.4 Å². The molecule has 1 aromatic carbocycles. The summed E-state index contributed by atoms with van der Waals surface area (Å²) in [6, 6.07) is 8.06. The average molecular weight is 362 g/mol. The fraction of sp³-hybridized carbons (Fsp3) is 0.200. The second-order valence-electron chi connectivity index (χ2n) is 5.07. The quantitative estimate of drug-likeness (QED) is 0.431. The number of pyridine rings is 1. The van der Waals surface area contributed by atoms with Crippen LogP contribution in [-0.2, 0) is 0 Å². The van der Waals surface area contributed by atoms with Gasteiger partial charge in [-0.2, -0.15) is 26.3 Å². The number of hydrogen-bond donors (Lipinski definition) is 3. The predicted octanol–water partition coefficient (Wildman–Crippen LogP) is 4.00. The van der Waals surface area contributed by atoms with Crippen LogP contribution < -0.4 is 10.8 Å². The van der Waals surface area contributed by atoms with Gasteiger partial charge in [0, 0.05) is 11.9 Å². The highest BCUT2D eigenvalue weighted by Crippen LogP contribution is 2.23. The Kier molecular flexibility index (Phi) is 4.91. The zero-order valence-electron chi connectivity index (χ0n) is 12.5. The minimum atomic E-state index is -4.91. The maximum absolute atomic E-state index is 12.7. The van der Waals surface area contributed by atoms with Crippen LogP contribution in [0.3, 0.4) is 0 Å². The molecule has 2 rings (SSSR count). The lowest BCUT2D eigenvalue weighted by molar-refractivity contribution is -0.115. The molecule has 0 radical (unpaired) electrons. The number of hydrogen-bond acceptors (Lipinski definition) is 3. The Labute approximate surface area is 137 Å². The molecule has 0 bridgehead atoms. The van der Waals surface area contributed by atoms with Crippen LogP contribution in [-0.4, -0.2) is 29.3 Å². The van der Waals surface area contributed by atoms with Crippen molar-refractivity contribution in [2.24, 2.45) is 0 Å². The fourth-order valence-electron chi connectivity index (χ4n) is 1.98. The number of nitrogens with one attached hydrogen (secondary N) is 3. The molecule has 4 nitrogen and oxygen atoms in total. The lowest BCUT2D eigenvalue weighted by Crippen LogP contribution is -2.36. The van der Waals surface area contributed by atoms with Gasteiger partial charge in [-0.25, -0.2) is 0 Å². The Morgan fingerprint density at radius 2 is 1.48 bits per heavy atom. The first kappa shape index (κ1) is 18.6. The number of nitrogens with zero attached hydrogens (tertiary/aromatic N) is 1. The van der Waals surface area contributed by atoms with Crippen molar-refractivity contribution in [1.82, 2.24) is 4.57 Å². The molecule has 0 aliphatic carbocycles. The van der Waals surface area contributed by atoms with Gasteiger partial charge in [0.15, 0.2) is 0 Å². The van der Waals surface area contributed by atoms with E-state index in [1.165, 1.54) is 30.3 Å². The summed E-state index contributed by atoms with van der Waals surface area (Å²) in [7, 11) is 0. The largest absolute Gasteiger partial charge is 0.449 e. The van der Waals surface area contributed by atoms with Crippen LogP contribution in [0, 0.1) is 10.8 Å². The first-order valence-corrected chi connectivity index (χ1v) is 6.82. The van der Waals surface area contributed by atoms with E-state index in [-0.39, 0.29) is 11.3 Å². The molecule has 0 saturated heterocycles. The van der Waals surface area contributed by atoms with Gasteiger partial charge in [0.05, 0.1) is 0 Å². The van der Waals surface area contributed by atoms with E-state index in [1.54, 1.807) is 0 Å². The minimum absolute atomic E-state index is 0.203. The van der Waals surface area contributed by atoms with Gasteiger partial charge in [0.1, 0.15) is 12.0 Å². The number of halogens is 6. The van der Waals surface area contributed by atoms with Crippen LogP contribution in [0.4, 0.5) is 32.0 Å². The lowest BCUT2D eigenvalue weighted by Gasteiger charge is -2.14. The van der Waals surface area contributed by atoms with Crippen molar-refractivity contribution in [1.29, 1.82) is 10.8 Å². The van der Waals surface area contributed by atoms with Crippen LogP contribution in [0.2, 0.25) is 0 Å². The molecule has 10 heteroatoms. The van der Waals surface area contributed by atoms with Crippen molar-refractivity contribution in [3.63, 3.8) is 0 Å². The van der Waals surface area contributed by atoms with Crippen LogP contribution >= 0.6 is 0 Å². The predicted molar refractivity (Wildman–Crippen MR) is 79.4 cm³/mol. The number of anilines is 1. The summed E-state index contributed by atoms with van der Waals surface area (Å²) in [4.78, 5) is 0. The SMILES string of the molecule is N=C(n1cc(-c2ccc(NCC(F)(F)F)cc2)ccc1=N)C(F)(F)F. The van der Waals surface area contributed by atoms with Crippen molar-refractivity contribution < 1.29 is 26.3 Å². The second-order valence-corrected chi connectivity index (χ2v) is 5.07. The van der Waals surface area contributed by atoms with E-state index in [1.807, 2.05) is 0 Å². The Bertz CT molecular complexity index is 818. The number of rotatable bonds is 3. The summed E-state index contributed by atoms with van der Waals surface area (Å²) in [6.07, 6.45) is -8.30. The van der Waals surface area contributed by atoms with Crippen LogP contribution in [0.1, 0.15) is 0 Å². The molecule has 3 N–H and O–H groups in total. The van der Waals surface area contributed by atoms with E-state index < -0.39 is 30.2 Å². The molecule has 0 unspecified atom stereocenters. The minimum Gasteiger partial charge on any atom is -0.376 e. The van der Waals surface area contributed by atoms with Gasteiger partial charge in [-0.15, -0.1) is 0 Å². The summed E-state index contributed by atoms with van der Waals surface area (Å²) in [5.74, 6) is -1.71. The highest BCUT2D eigenvalue weighted by atomic mass is 19.4. The molecule has 2 aromatic rings. The van der Waals surface area contributed by atoms with Crippen molar-refractivity contribution in [3.05, 3.63) is 48.1 Å². The lowest BCUT2D eigenvalue weighted by atomic mass is 10.1. The molecule has 0 amide bonds. The molecule has 134 valence electrons. The van der Waals surface area contributed by atoms with E-state index in [4.69, 9.17) is 10.8 Å². The molecular formula is C15H12F6N4. The van der Waals surface area contributed by atoms with Crippen molar-refractivity contribution in [2.75, 3.05) is 11.9 Å². The van der Waals surface area contributed by atoms with Crippen molar-refractivity contribution in [3.8, 4) is 11.1 Å². The molecule has 25 heavy (non-hydrogen) atoms. The molecule has 0 aliphatic rings. The van der Waals surface area contributed by atoms with E-state index in [0.29, 0.717) is 10.1 Å². The normalized spacial score (nSPS) is 12.1. The van der Waals surface area contributed by atoms with Crippen LogP contribution in [0.25, 0.3) is 11.1 Å². The van der Waals surface area contributed by atoms with E-state index in [0.717, 1.165) is 12.3 Å². The summed E-state index contributed by atoms with van der Waals surface area (Å²) >= 11 is 0. The third-order valence-corrected chi connectivity index (χ3v) is 3.17. The molecular weight excluding hydrogens is 350 g/mol. The smallest absolute Gasteiger partial charge is 0.376 e. The van der Waals surface area contributed by atoms with E-state index in [9.17, 15) is 26.3 Å². The molecule has 0 atom stereocenters. The highest BCUT2D eigenvalue weighted by Gasteiger charge is 2.36. The number of alkyl halides is 6. The molecule has 0 aliphatic heterocycles. The first-order chi connectivity index (χ1) is 11.5. The average Bonchev–Trinajstić information content (AvgIpc) is 2.52. The standard InChI is InChI=1S/C15H12F6N4/c16-14(17,18)8-24-11-4-1-9(2-5-11)10-3-6-12(22)25(7-10)13(23)15(19,20)21/h1-7,22-24H,8H2. The van der Waals surface area contributed by atoms with Gasteiger partial charge in [0.2, 0.25) is 5.84 Å². The van der Waals surface area contributed by atoms with E-state index in [2.05, 4.69) is 5.32 Å². The molecule has 0 saturated carbocycles. The van der Waals surface area contributed by atoms with Gasteiger partial charge >= 0.3 is 12.4 Å². The third-order valence-electron chi connectivity index (χ3n) is 3.17. The Hall–Kier alpha value is -2.78. The maximum Gasteiger partial charge on any atom is 0.449 e. The number of aromatic nitrogens is 1. The zero-order valence-corrected chi connectivity index (χ0v) is 12.5. The Morgan fingerprint density at radius 1 is 0.920 bits per heavy atom. The zero-order chi connectivity index (χ0) is 18.8. The monoisotopic (exact) mass is 362 g/mol. The number of benzene rings is 1. The third kappa shape index (κ3) is 4.85. The summed E-state index contributed by atoms with van der Waals surface area (Å²) < 4.78 is 74.8. The fourth-order valence-corrected chi connectivity index (χ4v) is 1.98. The molecule has 0 fully saturated rings. The molecule has 1 heterocycles. The Morgan fingerprint density at radius 3 is 2.00 bits per heavy atom. The van der Waals surface area contributed by atoms with Gasteiger partial charge in [-0.05, 0) is 35.4 Å². The summed E-state index contributed by atoms with van der Waals surface area (Å²) in [5, 5.41) is 16.8.